The van der Waals surface area contributed by atoms with Crippen LogP contribution in [-0.2, 0) is 21.9 Å². The number of amides is 1. The van der Waals surface area contributed by atoms with Gasteiger partial charge in [-0.05, 0) is 24.6 Å². The maximum Gasteiger partial charge on any atom is 0.416 e. The molecule has 0 radical (unpaired) electrons. The van der Waals surface area contributed by atoms with Crippen LogP contribution in [0.4, 0.5) is 26.3 Å². The number of benzene rings is 1. The van der Waals surface area contributed by atoms with Gasteiger partial charge in [-0.1, -0.05) is 45.4 Å². The average molecular weight is 441 g/mol. The number of nitrogens with one attached hydrogen (secondary N) is 1. The highest BCUT2D eigenvalue weighted by molar-refractivity contribution is 5.97. The summed E-state index contributed by atoms with van der Waals surface area (Å²) in [5, 5.41) is 2.20. The molecule has 0 aromatic heterocycles. The first-order chi connectivity index (χ1) is 13.9. The first kappa shape index (κ1) is 25.8. The molecule has 0 unspecified atom stereocenters. The molecule has 30 heavy (non-hydrogen) atoms. The molecule has 0 aliphatic heterocycles. The second-order valence-electron chi connectivity index (χ2n) is 6.90. The standard InChI is InChI=1S/C20H25F6NO3/c1-3-4-5-6-7-8-9-16(18(29)30-2)27-17(28)13-10-14(19(21,22)23)12-15(11-13)20(24,25)26/h10-12,16H,3-9H2,1-2H3,(H,27,28)/t16-/m0/s1. The Morgan fingerprint density at radius 3 is 1.87 bits per heavy atom. The number of rotatable bonds is 10. The van der Waals surface area contributed by atoms with Gasteiger partial charge in [0.2, 0.25) is 0 Å². The van der Waals surface area contributed by atoms with Crippen molar-refractivity contribution in [1.82, 2.24) is 5.32 Å². The van der Waals surface area contributed by atoms with Crippen LogP contribution in [0, 0.1) is 0 Å². The normalized spacial score (nSPS) is 13.1. The Kier molecular flexibility index (Phi) is 9.64. The van der Waals surface area contributed by atoms with E-state index in [4.69, 9.17) is 0 Å². The van der Waals surface area contributed by atoms with Gasteiger partial charge in [0, 0.05) is 5.56 Å². The van der Waals surface area contributed by atoms with Crippen LogP contribution in [-0.4, -0.2) is 25.0 Å². The summed E-state index contributed by atoms with van der Waals surface area (Å²) in [6.07, 6.45) is -4.63. The molecule has 1 N–H and O–H groups in total. The Hall–Kier alpha value is -2.26. The van der Waals surface area contributed by atoms with Gasteiger partial charge in [0.15, 0.2) is 0 Å². The third-order valence-corrected chi connectivity index (χ3v) is 4.49. The van der Waals surface area contributed by atoms with Crippen LogP contribution in [0.1, 0.15) is 73.4 Å². The van der Waals surface area contributed by atoms with Crippen molar-refractivity contribution in [3.05, 3.63) is 34.9 Å². The third-order valence-electron chi connectivity index (χ3n) is 4.49. The van der Waals surface area contributed by atoms with Crippen LogP contribution in [0.2, 0.25) is 0 Å². The number of ether oxygens (including phenoxy) is 1. The predicted molar refractivity (Wildman–Crippen MR) is 97.7 cm³/mol. The molecule has 0 aliphatic rings. The molecule has 1 amide bonds. The first-order valence-corrected chi connectivity index (χ1v) is 9.58. The molecule has 1 aromatic carbocycles. The van der Waals surface area contributed by atoms with E-state index in [1.165, 1.54) is 0 Å². The van der Waals surface area contributed by atoms with E-state index >= 15 is 0 Å². The van der Waals surface area contributed by atoms with Crippen LogP contribution in [0.15, 0.2) is 18.2 Å². The number of methoxy groups -OCH3 is 1. The van der Waals surface area contributed by atoms with E-state index in [1.807, 2.05) is 0 Å². The Morgan fingerprint density at radius 2 is 1.40 bits per heavy atom. The molecule has 0 saturated heterocycles. The van der Waals surface area contributed by atoms with Crippen LogP contribution in [0.5, 0.6) is 0 Å². The monoisotopic (exact) mass is 441 g/mol. The van der Waals surface area contributed by atoms with Crippen LogP contribution in [0.25, 0.3) is 0 Å². The zero-order valence-electron chi connectivity index (χ0n) is 16.8. The molecular weight excluding hydrogens is 416 g/mol. The van der Waals surface area contributed by atoms with Gasteiger partial charge in [0.25, 0.3) is 5.91 Å². The second kappa shape index (κ2) is 11.2. The Morgan fingerprint density at radius 1 is 0.900 bits per heavy atom. The predicted octanol–water partition coefficient (Wildman–Crippen LogP) is 5.75. The lowest BCUT2D eigenvalue weighted by atomic mass is 10.0. The van der Waals surface area contributed by atoms with E-state index in [0.717, 1.165) is 39.2 Å². The summed E-state index contributed by atoms with van der Waals surface area (Å²) >= 11 is 0. The van der Waals surface area contributed by atoms with E-state index in [1.54, 1.807) is 0 Å². The molecule has 10 heteroatoms. The molecule has 0 heterocycles. The number of carbonyl (C=O) groups is 2. The topological polar surface area (TPSA) is 55.4 Å². The SMILES string of the molecule is CCCCCCCC[C@H](NC(=O)c1cc(C(F)(F)F)cc(C(F)(F)F)c1)C(=O)OC. The highest BCUT2D eigenvalue weighted by atomic mass is 19.4. The van der Waals surface area contributed by atoms with Crippen LogP contribution < -0.4 is 5.32 Å². The number of halogens is 6. The van der Waals surface area contributed by atoms with Crippen molar-refractivity contribution in [2.45, 2.75) is 70.3 Å². The van der Waals surface area contributed by atoms with Crippen molar-refractivity contribution in [3.63, 3.8) is 0 Å². The highest BCUT2D eigenvalue weighted by Gasteiger charge is 2.37. The van der Waals surface area contributed by atoms with Crippen molar-refractivity contribution in [2.24, 2.45) is 0 Å². The third kappa shape index (κ3) is 8.23. The van der Waals surface area contributed by atoms with Crippen molar-refractivity contribution in [3.8, 4) is 0 Å². The van der Waals surface area contributed by atoms with E-state index in [9.17, 15) is 35.9 Å². The van der Waals surface area contributed by atoms with Crippen molar-refractivity contribution < 1.29 is 40.7 Å². The summed E-state index contributed by atoms with van der Waals surface area (Å²) in [7, 11) is 1.08. The minimum absolute atomic E-state index is 0.0646. The molecule has 0 aliphatic carbocycles. The number of esters is 1. The van der Waals surface area contributed by atoms with Gasteiger partial charge in [0.05, 0.1) is 18.2 Å². The fourth-order valence-corrected chi connectivity index (χ4v) is 2.85. The lowest BCUT2D eigenvalue weighted by Crippen LogP contribution is -2.41. The Balaban J connectivity index is 2.98. The molecular formula is C20H25F6NO3. The lowest BCUT2D eigenvalue weighted by molar-refractivity contribution is -0.144. The van der Waals surface area contributed by atoms with Crippen molar-refractivity contribution in [1.29, 1.82) is 0 Å². The first-order valence-electron chi connectivity index (χ1n) is 9.58. The Bertz CT molecular complexity index is 683. The second-order valence-corrected chi connectivity index (χ2v) is 6.90. The zero-order chi connectivity index (χ0) is 22.9. The molecule has 1 aromatic rings. The van der Waals surface area contributed by atoms with Crippen LogP contribution in [0.3, 0.4) is 0 Å². The zero-order valence-corrected chi connectivity index (χ0v) is 16.8. The maximum atomic E-state index is 13.0. The smallest absolute Gasteiger partial charge is 0.416 e. The molecule has 1 rings (SSSR count). The minimum Gasteiger partial charge on any atom is -0.467 e. The number of hydrogen-bond acceptors (Lipinski definition) is 3. The lowest BCUT2D eigenvalue weighted by Gasteiger charge is -2.18. The van der Waals surface area contributed by atoms with E-state index in [2.05, 4.69) is 17.0 Å². The number of unbranched alkanes of at least 4 members (excludes halogenated alkanes) is 5. The maximum absolute atomic E-state index is 13.0. The molecule has 170 valence electrons. The number of carbonyl (C=O) groups excluding carboxylic acids is 2. The summed E-state index contributed by atoms with van der Waals surface area (Å²) in [4.78, 5) is 24.3. The summed E-state index contributed by atoms with van der Waals surface area (Å²) in [5.74, 6) is -2.03. The van der Waals surface area contributed by atoms with E-state index in [-0.39, 0.29) is 12.5 Å². The summed E-state index contributed by atoms with van der Waals surface area (Å²) in [6.45, 7) is 2.06. The van der Waals surface area contributed by atoms with E-state index in [0.29, 0.717) is 18.6 Å². The van der Waals surface area contributed by atoms with Gasteiger partial charge in [0.1, 0.15) is 6.04 Å². The fraction of sp³-hybridized carbons (Fsp3) is 0.600. The van der Waals surface area contributed by atoms with Crippen molar-refractivity contribution >= 4 is 11.9 Å². The van der Waals surface area contributed by atoms with Gasteiger partial charge in [-0.15, -0.1) is 0 Å². The quantitative estimate of drug-likeness (QED) is 0.286. The molecule has 0 spiro atoms. The molecule has 4 nitrogen and oxygen atoms in total. The van der Waals surface area contributed by atoms with Crippen molar-refractivity contribution in [2.75, 3.05) is 7.11 Å². The molecule has 0 bridgehead atoms. The minimum atomic E-state index is -5.07. The van der Waals surface area contributed by atoms with Gasteiger partial charge >= 0.3 is 18.3 Å². The highest BCUT2D eigenvalue weighted by Crippen LogP contribution is 2.36. The largest absolute Gasteiger partial charge is 0.467 e. The van der Waals surface area contributed by atoms with Crippen LogP contribution >= 0.6 is 0 Å². The fourth-order valence-electron chi connectivity index (χ4n) is 2.85. The van der Waals surface area contributed by atoms with Gasteiger partial charge in [-0.25, -0.2) is 4.79 Å². The van der Waals surface area contributed by atoms with Gasteiger partial charge < -0.3 is 10.1 Å². The number of hydrogen-bond donors (Lipinski definition) is 1. The summed E-state index contributed by atoms with van der Waals surface area (Å²) in [6, 6.07) is -0.587. The molecule has 0 saturated carbocycles. The van der Waals surface area contributed by atoms with E-state index < -0.39 is 47.0 Å². The van der Waals surface area contributed by atoms with Gasteiger partial charge in [-0.2, -0.15) is 26.3 Å². The summed E-state index contributed by atoms with van der Waals surface area (Å²) < 4.78 is 82.4. The Labute approximate surface area is 171 Å². The summed E-state index contributed by atoms with van der Waals surface area (Å²) in [5.41, 5.74) is -4.05. The van der Waals surface area contributed by atoms with Gasteiger partial charge in [-0.3, -0.25) is 4.79 Å². The molecule has 0 fully saturated rings. The number of alkyl halides is 6. The average Bonchev–Trinajstić information content (AvgIpc) is 2.67. The molecule has 1 atom stereocenters.